The zero-order chi connectivity index (χ0) is 30.3. The van der Waals surface area contributed by atoms with E-state index >= 15 is 0 Å². The molecule has 1 aliphatic heterocycles. The molecule has 0 amide bonds. The first-order chi connectivity index (χ1) is 20.7. The van der Waals surface area contributed by atoms with E-state index in [-0.39, 0.29) is 30.5 Å². The second-order valence-electron chi connectivity index (χ2n) is 12.6. The molecule has 7 nitrogen and oxygen atoms in total. The highest BCUT2D eigenvalue weighted by Gasteiger charge is 2.37. The lowest BCUT2D eigenvalue weighted by Gasteiger charge is -2.32. The zero-order valence-corrected chi connectivity index (χ0v) is 25.0. The molecule has 1 saturated carbocycles. The minimum Gasteiger partial charge on any atom is -0.466 e. The molecule has 9 heteroatoms. The first-order valence-corrected chi connectivity index (χ1v) is 15.4. The third-order valence-electron chi connectivity index (χ3n) is 9.23. The van der Waals surface area contributed by atoms with Crippen LogP contribution in [0.1, 0.15) is 95.5 Å². The minimum atomic E-state index is -0.928. The number of hydrogen-bond acceptors (Lipinski definition) is 5. The van der Waals surface area contributed by atoms with Crippen LogP contribution in [-0.2, 0) is 19.7 Å². The molecule has 2 fully saturated rings. The number of benzene rings is 2. The highest BCUT2D eigenvalue weighted by Crippen LogP contribution is 2.48. The maximum atomic E-state index is 14.7. The number of esters is 1. The lowest BCUT2D eigenvalue weighted by Crippen LogP contribution is -2.26. The van der Waals surface area contributed by atoms with Gasteiger partial charge < -0.3 is 14.0 Å². The van der Waals surface area contributed by atoms with Crippen molar-refractivity contribution in [1.82, 2.24) is 14.3 Å². The number of hydrogen-bond donors (Lipinski definition) is 0. The van der Waals surface area contributed by atoms with Gasteiger partial charge in [-0.25, -0.2) is 13.5 Å². The van der Waals surface area contributed by atoms with Gasteiger partial charge in [0.2, 0.25) is 0 Å². The molecule has 6 rings (SSSR count). The van der Waals surface area contributed by atoms with Crippen molar-refractivity contribution in [2.24, 2.45) is 5.92 Å². The van der Waals surface area contributed by atoms with Crippen molar-refractivity contribution in [2.45, 2.75) is 89.7 Å². The predicted octanol–water partition coefficient (Wildman–Crippen LogP) is 7.99. The molecule has 3 heterocycles. The Labute approximate surface area is 250 Å². The Bertz CT molecular complexity index is 1700. The smallest absolute Gasteiger partial charge is 0.308 e. The first-order valence-electron chi connectivity index (χ1n) is 15.4. The van der Waals surface area contributed by atoms with Gasteiger partial charge in [-0.15, -0.1) is 0 Å². The summed E-state index contributed by atoms with van der Waals surface area (Å²) < 4.78 is 44.3. The average molecular weight is 589 g/mol. The quantitative estimate of drug-likeness (QED) is 0.204. The van der Waals surface area contributed by atoms with Gasteiger partial charge in [0.1, 0.15) is 0 Å². The number of nitrogens with zero attached hydrogens (tertiary/aromatic N) is 4. The van der Waals surface area contributed by atoms with Crippen LogP contribution in [0.5, 0.6) is 0 Å². The maximum Gasteiger partial charge on any atom is 0.308 e. The molecule has 43 heavy (non-hydrogen) atoms. The van der Waals surface area contributed by atoms with Gasteiger partial charge in [-0.2, -0.15) is 10.4 Å². The van der Waals surface area contributed by atoms with Crippen LogP contribution in [0.25, 0.3) is 27.5 Å². The maximum absolute atomic E-state index is 14.7. The highest BCUT2D eigenvalue weighted by atomic mass is 19.2. The van der Waals surface area contributed by atoms with Crippen molar-refractivity contribution in [3.63, 3.8) is 0 Å². The number of rotatable bonds is 7. The lowest BCUT2D eigenvalue weighted by atomic mass is 9.74. The van der Waals surface area contributed by atoms with E-state index in [1.807, 2.05) is 36.2 Å². The number of nitriles is 1. The molecule has 1 atom stereocenters. The Balaban J connectivity index is 1.60. The fraction of sp³-hybridized carbons (Fsp3) is 0.500. The number of ether oxygens (including phenoxy) is 2. The summed E-state index contributed by atoms with van der Waals surface area (Å²) in [5.74, 6) is -2.02. The summed E-state index contributed by atoms with van der Waals surface area (Å²) in [5, 5.41) is 16.5. The second-order valence-corrected chi connectivity index (χ2v) is 12.6. The van der Waals surface area contributed by atoms with Crippen molar-refractivity contribution in [2.75, 3.05) is 13.2 Å². The van der Waals surface area contributed by atoms with Gasteiger partial charge in [0.15, 0.2) is 17.9 Å². The summed E-state index contributed by atoms with van der Waals surface area (Å²) in [4.78, 5) is 12.6. The summed E-state index contributed by atoms with van der Waals surface area (Å²) in [5.41, 5.74) is 3.70. The Kier molecular flexibility index (Phi) is 7.99. The molecule has 2 aliphatic rings. The van der Waals surface area contributed by atoms with Gasteiger partial charge in [-0.3, -0.25) is 4.79 Å². The van der Waals surface area contributed by atoms with Crippen LogP contribution >= 0.6 is 0 Å². The predicted molar refractivity (Wildman–Crippen MR) is 160 cm³/mol. The standard InChI is InChI=1S/C34H38F2N4O3/c1-4-42-33(41)22-10-8-21(9-11-22)31-25-19-28-23(20-38-40(28)30-7-5-6-16-43-30)17-29(25)39(32(31)34(2,3)14-15-37)24-12-13-26(35)27(36)18-24/h12-13,17-22,30H,4-11,14,16H2,1-3H3. The third-order valence-corrected chi connectivity index (χ3v) is 9.23. The Morgan fingerprint density at radius 2 is 1.88 bits per heavy atom. The van der Waals surface area contributed by atoms with E-state index in [2.05, 4.69) is 18.2 Å². The minimum absolute atomic E-state index is 0.104. The highest BCUT2D eigenvalue weighted by molar-refractivity contribution is 5.99. The average Bonchev–Trinajstić information content (AvgIpc) is 3.57. The van der Waals surface area contributed by atoms with Crippen LogP contribution in [0.2, 0.25) is 0 Å². The SMILES string of the molecule is CCOC(=O)C1CCC(c2c(C(C)(C)CC#N)n(-c3ccc(F)c(F)c3)c3cc4cnn(C5CCCCO5)c4cc23)CC1. The molecule has 226 valence electrons. The summed E-state index contributed by atoms with van der Waals surface area (Å²) in [7, 11) is 0. The van der Waals surface area contributed by atoms with Gasteiger partial charge >= 0.3 is 5.97 Å². The van der Waals surface area contributed by atoms with Crippen molar-refractivity contribution >= 4 is 27.8 Å². The van der Waals surface area contributed by atoms with Gasteiger partial charge in [0.25, 0.3) is 0 Å². The van der Waals surface area contributed by atoms with E-state index in [9.17, 15) is 18.8 Å². The molecule has 2 aromatic carbocycles. The van der Waals surface area contributed by atoms with E-state index in [0.29, 0.717) is 31.7 Å². The van der Waals surface area contributed by atoms with Gasteiger partial charge in [0.05, 0.1) is 35.8 Å². The van der Waals surface area contributed by atoms with Crippen LogP contribution in [0.3, 0.4) is 0 Å². The van der Waals surface area contributed by atoms with Crippen molar-refractivity contribution in [1.29, 1.82) is 5.26 Å². The summed E-state index contributed by atoms with van der Waals surface area (Å²) >= 11 is 0. The van der Waals surface area contributed by atoms with Crippen molar-refractivity contribution in [3.05, 3.63) is 59.4 Å². The van der Waals surface area contributed by atoms with E-state index in [1.54, 1.807) is 6.07 Å². The summed E-state index contributed by atoms with van der Waals surface area (Å²) in [6.45, 7) is 6.95. The van der Waals surface area contributed by atoms with Crippen molar-refractivity contribution in [3.8, 4) is 11.8 Å². The van der Waals surface area contributed by atoms with E-state index in [4.69, 9.17) is 14.6 Å². The van der Waals surface area contributed by atoms with Crippen LogP contribution in [0.15, 0.2) is 36.5 Å². The summed E-state index contributed by atoms with van der Waals surface area (Å²) in [6.07, 6.45) is 7.88. The zero-order valence-electron chi connectivity index (χ0n) is 25.0. The molecule has 1 unspecified atom stereocenters. The molecule has 4 aromatic rings. The molecule has 0 spiro atoms. The Hall–Kier alpha value is -3.77. The largest absolute Gasteiger partial charge is 0.466 e. The molecule has 0 radical (unpaired) electrons. The second kappa shape index (κ2) is 11.7. The van der Waals surface area contributed by atoms with E-state index in [0.717, 1.165) is 71.2 Å². The van der Waals surface area contributed by atoms with Crippen molar-refractivity contribution < 1.29 is 23.0 Å². The molecular weight excluding hydrogens is 550 g/mol. The Morgan fingerprint density at radius 1 is 1.09 bits per heavy atom. The normalized spacial score (nSPS) is 21.3. The number of carbonyl (C=O) groups is 1. The Morgan fingerprint density at radius 3 is 2.56 bits per heavy atom. The molecule has 2 aromatic heterocycles. The molecule has 0 bridgehead atoms. The molecular formula is C34H38F2N4O3. The number of carbonyl (C=O) groups excluding carboxylic acids is 1. The topological polar surface area (TPSA) is 82.1 Å². The van der Waals surface area contributed by atoms with Crippen LogP contribution in [-0.4, -0.2) is 33.5 Å². The van der Waals surface area contributed by atoms with Gasteiger partial charge in [0, 0.05) is 46.7 Å². The van der Waals surface area contributed by atoms with Gasteiger partial charge in [-0.05, 0) is 87.6 Å². The first kappa shape index (κ1) is 29.3. The number of fused-ring (bicyclic) bond motifs is 2. The monoisotopic (exact) mass is 588 g/mol. The van der Waals surface area contributed by atoms with E-state index < -0.39 is 17.0 Å². The van der Waals surface area contributed by atoms with Crippen LogP contribution in [0, 0.1) is 28.9 Å². The fourth-order valence-corrected chi connectivity index (χ4v) is 7.13. The van der Waals surface area contributed by atoms with Crippen LogP contribution in [0.4, 0.5) is 8.78 Å². The van der Waals surface area contributed by atoms with Gasteiger partial charge in [-0.1, -0.05) is 13.8 Å². The lowest BCUT2D eigenvalue weighted by molar-refractivity contribution is -0.149. The number of halogens is 2. The molecule has 0 N–H and O–H groups in total. The van der Waals surface area contributed by atoms with Crippen LogP contribution < -0.4 is 0 Å². The molecule has 1 saturated heterocycles. The number of aromatic nitrogens is 3. The van der Waals surface area contributed by atoms with E-state index in [1.165, 1.54) is 6.07 Å². The third kappa shape index (κ3) is 5.31. The fourth-order valence-electron chi connectivity index (χ4n) is 7.13. The summed E-state index contributed by atoms with van der Waals surface area (Å²) in [6, 6.07) is 10.6. The molecule has 1 aliphatic carbocycles.